The Labute approximate surface area is 193 Å². The number of fused-ring (bicyclic) bond motifs is 1. The van der Waals surface area contributed by atoms with Crippen molar-refractivity contribution in [3.05, 3.63) is 70.2 Å². The van der Waals surface area contributed by atoms with E-state index in [4.69, 9.17) is 4.74 Å². The number of allylic oxidation sites excluding steroid dienone is 2. The van der Waals surface area contributed by atoms with Gasteiger partial charge >= 0.3 is 5.97 Å². The van der Waals surface area contributed by atoms with Crippen LogP contribution < -0.4 is 10.2 Å². The first kappa shape index (κ1) is 22.0. The van der Waals surface area contributed by atoms with Crippen LogP contribution in [0.25, 0.3) is 0 Å². The molecule has 1 heterocycles. The number of anilines is 2. The zero-order chi connectivity index (χ0) is 22.8. The van der Waals surface area contributed by atoms with E-state index in [1.807, 2.05) is 25.1 Å². The van der Waals surface area contributed by atoms with Gasteiger partial charge in [0.2, 0.25) is 11.8 Å². The molecule has 1 fully saturated rings. The third kappa shape index (κ3) is 4.36. The topological polar surface area (TPSA) is 92.8 Å². The van der Waals surface area contributed by atoms with E-state index in [1.54, 1.807) is 24.3 Å². The number of imide groups is 1. The van der Waals surface area contributed by atoms with Crippen molar-refractivity contribution >= 4 is 51.0 Å². The zero-order valence-corrected chi connectivity index (χ0v) is 18.9. The molecular formula is C24H21BrN2O5. The molecule has 0 unspecified atom stereocenters. The number of ether oxygens (including phenoxy) is 1. The lowest BCUT2D eigenvalue weighted by atomic mass is 9.85. The van der Waals surface area contributed by atoms with Crippen LogP contribution >= 0.6 is 15.9 Å². The number of rotatable bonds is 5. The van der Waals surface area contributed by atoms with Crippen molar-refractivity contribution in [2.45, 2.75) is 19.8 Å². The maximum absolute atomic E-state index is 12.8. The van der Waals surface area contributed by atoms with E-state index in [0.29, 0.717) is 24.2 Å². The van der Waals surface area contributed by atoms with Crippen LogP contribution in [-0.2, 0) is 19.1 Å². The Balaban J connectivity index is 1.41. The number of esters is 1. The molecule has 32 heavy (non-hydrogen) atoms. The van der Waals surface area contributed by atoms with Crippen LogP contribution in [0.5, 0.6) is 0 Å². The Bertz CT molecular complexity index is 1120. The largest absolute Gasteiger partial charge is 0.452 e. The van der Waals surface area contributed by atoms with Gasteiger partial charge in [-0.1, -0.05) is 34.1 Å². The molecule has 164 valence electrons. The summed E-state index contributed by atoms with van der Waals surface area (Å²) < 4.78 is 6.03. The van der Waals surface area contributed by atoms with Gasteiger partial charge in [0.25, 0.3) is 5.91 Å². The summed E-state index contributed by atoms with van der Waals surface area (Å²) in [7, 11) is 0. The first-order valence-corrected chi connectivity index (χ1v) is 11.0. The van der Waals surface area contributed by atoms with Gasteiger partial charge in [-0.25, -0.2) is 4.79 Å². The van der Waals surface area contributed by atoms with Gasteiger partial charge in [-0.2, -0.15) is 0 Å². The maximum Gasteiger partial charge on any atom is 0.338 e. The molecule has 2 aliphatic rings. The number of nitrogens with zero attached hydrogens (tertiary/aromatic N) is 1. The predicted molar refractivity (Wildman–Crippen MR) is 122 cm³/mol. The molecule has 7 nitrogen and oxygen atoms in total. The SMILES string of the molecule is Cc1cc(Br)ccc1NC(=O)COC(=O)c1cccc(N2C(=O)[C@H]3CC=CC[C@@H]3C2=O)c1. The molecule has 1 N–H and O–H groups in total. The number of aryl methyl sites for hydroxylation is 1. The molecule has 8 heteroatoms. The average Bonchev–Trinajstić information content (AvgIpc) is 3.04. The van der Waals surface area contributed by atoms with E-state index in [9.17, 15) is 19.2 Å². The fraction of sp³-hybridized carbons (Fsp3) is 0.250. The van der Waals surface area contributed by atoms with Gasteiger partial charge in [0.15, 0.2) is 6.61 Å². The van der Waals surface area contributed by atoms with Crippen molar-refractivity contribution in [1.82, 2.24) is 0 Å². The van der Waals surface area contributed by atoms with Gasteiger partial charge in [-0.3, -0.25) is 19.3 Å². The lowest BCUT2D eigenvalue weighted by Crippen LogP contribution is -2.31. The molecule has 2 aromatic carbocycles. The summed E-state index contributed by atoms with van der Waals surface area (Å²) in [5, 5.41) is 2.70. The summed E-state index contributed by atoms with van der Waals surface area (Å²) in [6.07, 6.45) is 4.93. The summed E-state index contributed by atoms with van der Waals surface area (Å²) in [4.78, 5) is 51.4. The normalized spacial score (nSPS) is 19.6. The van der Waals surface area contributed by atoms with Crippen molar-refractivity contribution in [3.63, 3.8) is 0 Å². The summed E-state index contributed by atoms with van der Waals surface area (Å²) in [6, 6.07) is 11.6. The van der Waals surface area contributed by atoms with Gasteiger partial charge in [-0.15, -0.1) is 0 Å². The van der Waals surface area contributed by atoms with Crippen LogP contribution in [0, 0.1) is 18.8 Å². The maximum atomic E-state index is 12.8. The number of benzene rings is 2. The third-order valence-corrected chi connectivity index (χ3v) is 6.14. The van der Waals surface area contributed by atoms with E-state index < -0.39 is 18.5 Å². The summed E-state index contributed by atoms with van der Waals surface area (Å²) in [5.41, 5.74) is 1.98. The minimum atomic E-state index is -0.715. The molecule has 0 aromatic heterocycles. The standard InChI is InChI=1S/C24H21BrN2O5/c1-14-11-16(25)9-10-20(14)26-21(28)13-32-24(31)15-5-4-6-17(12-15)27-22(29)18-7-2-3-8-19(18)23(27)30/h2-6,9-12,18-19H,7-8,13H2,1H3,(H,26,28)/t18-,19-/m0/s1. The van der Waals surface area contributed by atoms with Crippen molar-refractivity contribution in [2.24, 2.45) is 11.8 Å². The Morgan fingerprint density at radius 1 is 1.06 bits per heavy atom. The second-order valence-corrected chi connectivity index (χ2v) is 8.72. The lowest BCUT2D eigenvalue weighted by molar-refractivity contribution is -0.122. The van der Waals surface area contributed by atoms with Crippen LogP contribution in [0.2, 0.25) is 0 Å². The summed E-state index contributed by atoms with van der Waals surface area (Å²) in [5.74, 6) is -2.39. The first-order valence-electron chi connectivity index (χ1n) is 10.2. The quantitative estimate of drug-likeness (QED) is 0.383. The third-order valence-electron chi connectivity index (χ3n) is 5.64. The number of carbonyl (C=O) groups is 4. The van der Waals surface area contributed by atoms with Crippen LogP contribution in [0.15, 0.2) is 59.1 Å². The Kier molecular flexibility index (Phi) is 6.23. The highest BCUT2D eigenvalue weighted by Gasteiger charge is 2.47. The predicted octanol–water partition coefficient (Wildman–Crippen LogP) is 4.01. The highest BCUT2D eigenvalue weighted by molar-refractivity contribution is 9.10. The molecule has 1 aliphatic carbocycles. The summed E-state index contributed by atoms with van der Waals surface area (Å²) >= 11 is 3.36. The molecule has 0 spiro atoms. The Hall–Kier alpha value is -3.26. The van der Waals surface area contributed by atoms with E-state index in [2.05, 4.69) is 21.2 Å². The number of halogens is 1. The van der Waals surface area contributed by atoms with Gasteiger partial charge in [-0.05, 0) is 61.7 Å². The van der Waals surface area contributed by atoms with Crippen LogP contribution in [0.4, 0.5) is 11.4 Å². The second-order valence-electron chi connectivity index (χ2n) is 7.80. The van der Waals surface area contributed by atoms with Crippen molar-refractivity contribution in [1.29, 1.82) is 0 Å². The van der Waals surface area contributed by atoms with E-state index in [-0.39, 0.29) is 29.2 Å². The van der Waals surface area contributed by atoms with E-state index in [1.165, 1.54) is 12.1 Å². The molecule has 0 saturated carbocycles. The first-order chi connectivity index (χ1) is 15.3. The Morgan fingerprint density at radius 2 is 1.75 bits per heavy atom. The van der Waals surface area contributed by atoms with E-state index >= 15 is 0 Å². The fourth-order valence-corrected chi connectivity index (χ4v) is 4.47. The Morgan fingerprint density at radius 3 is 2.41 bits per heavy atom. The lowest BCUT2D eigenvalue weighted by Gasteiger charge is -2.15. The van der Waals surface area contributed by atoms with E-state index in [0.717, 1.165) is 14.9 Å². The minimum absolute atomic E-state index is 0.156. The molecule has 4 rings (SSSR count). The number of hydrogen-bond acceptors (Lipinski definition) is 5. The zero-order valence-electron chi connectivity index (χ0n) is 17.3. The average molecular weight is 497 g/mol. The smallest absolute Gasteiger partial charge is 0.338 e. The van der Waals surface area contributed by atoms with Crippen molar-refractivity contribution < 1.29 is 23.9 Å². The number of nitrogens with one attached hydrogen (secondary N) is 1. The molecule has 2 aromatic rings. The highest BCUT2D eigenvalue weighted by atomic mass is 79.9. The molecule has 1 saturated heterocycles. The van der Waals surface area contributed by atoms with Gasteiger partial charge in [0, 0.05) is 10.2 Å². The number of hydrogen-bond donors (Lipinski definition) is 1. The molecular weight excluding hydrogens is 476 g/mol. The monoisotopic (exact) mass is 496 g/mol. The van der Waals surface area contributed by atoms with Crippen LogP contribution in [0.3, 0.4) is 0 Å². The van der Waals surface area contributed by atoms with Crippen molar-refractivity contribution in [3.8, 4) is 0 Å². The van der Waals surface area contributed by atoms with Crippen molar-refractivity contribution in [2.75, 3.05) is 16.8 Å². The van der Waals surface area contributed by atoms with Gasteiger partial charge in [0.1, 0.15) is 0 Å². The number of amides is 3. The number of carbonyl (C=O) groups excluding carboxylic acids is 4. The molecule has 0 radical (unpaired) electrons. The van der Waals surface area contributed by atoms with Gasteiger partial charge in [0.05, 0.1) is 23.1 Å². The van der Waals surface area contributed by atoms with Crippen LogP contribution in [-0.4, -0.2) is 30.3 Å². The molecule has 0 bridgehead atoms. The van der Waals surface area contributed by atoms with Gasteiger partial charge < -0.3 is 10.1 Å². The van der Waals surface area contributed by atoms with Crippen LogP contribution in [0.1, 0.15) is 28.8 Å². The molecule has 1 aliphatic heterocycles. The minimum Gasteiger partial charge on any atom is -0.452 e. The molecule has 3 amide bonds. The summed E-state index contributed by atoms with van der Waals surface area (Å²) in [6.45, 7) is 1.39. The second kappa shape index (κ2) is 9.08. The fourth-order valence-electron chi connectivity index (χ4n) is 3.99. The highest BCUT2D eigenvalue weighted by Crippen LogP contribution is 2.37. The molecule has 2 atom stereocenters.